The van der Waals surface area contributed by atoms with Crippen molar-refractivity contribution in [1.29, 1.82) is 0 Å². The Morgan fingerprint density at radius 1 is 1.54 bits per heavy atom. The van der Waals surface area contributed by atoms with E-state index in [1.165, 1.54) is 4.90 Å². The minimum atomic E-state index is 1.04. The van der Waals surface area contributed by atoms with Gasteiger partial charge in [-0.05, 0) is 28.5 Å². The number of nitrogens with one attached hydrogen (secondary N) is 1. The van der Waals surface area contributed by atoms with E-state index in [1.54, 1.807) is 6.20 Å². The number of aromatic nitrogens is 1. The summed E-state index contributed by atoms with van der Waals surface area (Å²) in [6, 6.07) is 2.09. The Hall–Kier alpha value is -0.0600. The van der Waals surface area contributed by atoms with Crippen LogP contribution in [0.1, 0.15) is 6.92 Å². The molecule has 1 heterocycles. The Balaban J connectivity index is 2.28. The topological polar surface area (TPSA) is 24.9 Å². The van der Waals surface area contributed by atoms with E-state index in [0.717, 1.165) is 23.3 Å². The van der Waals surface area contributed by atoms with Crippen molar-refractivity contribution < 1.29 is 0 Å². The van der Waals surface area contributed by atoms with Crippen LogP contribution < -0.4 is 5.32 Å². The van der Waals surface area contributed by atoms with Crippen LogP contribution in [0.3, 0.4) is 0 Å². The largest absolute Gasteiger partial charge is 0.316 e. The maximum absolute atomic E-state index is 4.09. The van der Waals surface area contributed by atoms with Crippen LogP contribution >= 0.6 is 27.7 Å². The average molecular weight is 261 g/mol. The normalized spacial score (nSPS) is 10.3. The molecule has 1 N–H and O–H groups in total. The van der Waals surface area contributed by atoms with Crippen molar-refractivity contribution in [3.05, 3.63) is 22.9 Å². The highest BCUT2D eigenvalue weighted by atomic mass is 79.9. The molecule has 0 unspecified atom stereocenters. The molecule has 0 radical (unpaired) electrons. The standard InChI is InChI=1S/C9H13BrN2S/c1-2-11-3-4-13-9-5-8(10)6-12-7-9/h5-7,11H,2-4H2,1H3. The molecule has 0 aromatic carbocycles. The molecule has 72 valence electrons. The lowest BCUT2D eigenvalue weighted by molar-refractivity contribution is 0.768. The van der Waals surface area contributed by atoms with Crippen molar-refractivity contribution in [2.75, 3.05) is 18.8 Å². The first-order valence-electron chi connectivity index (χ1n) is 4.27. The predicted molar refractivity (Wildman–Crippen MR) is 61.2 cm³/mol. The lowest BCUT2D eigenvalue weighted by Crippen LogP contribution is -2.15. The molecule has 0 bridgehead atoms. The summed E-state index contributed by atoms with van der Waals surface area (Å²) in [6.07, 6.45) is 3.69. The predicted octanol–water partition coefficient (Wildman–Crippen LogP) is 2.55. The van der Waals surface area contributed by atoms with Crippen LogP contribution in [-0.4, -0.2) is 23.8 Å². The van der Waals surface area contributed by atoms with Gasteiger partial charge in [0.15, 0.2) is 0 Å². The highest BCUT2D eigenvalue weighted by Gasteiger charge is 1.94. The number of nitrogens with zero attached hydrogens (tertiary/aromatic N) is 1. The molecule has 4 heteroatoms. The van der Waals surface area contributed by atoms with Crippen molar-refractivity contribution in [3.8, 4) is 0 Å². The second-order valence-electron chi connectivity index (χ2n) is 2.54. The van der Waals surface area contributed by atoms with E-state index in [4.69, 9.17) is 0 Å². The van der Waals surface area contributed by atoms with Gasteiger partial charge in [-0.2, -0.15) is 0 Å². The second-order valence-corrected chi connectivity index (χ2v) is 4.62. The quantitative estimate of drug-likeness (QED) is 0.651. The Labute approximate surface area is 91.7 Å². The molecule has 0 aliphatic heterocycles. The van der Waals surface area contributed by atoms with E-state index in [0.29, 0.717) is 0 Å². The summed E-state index contributed by atoms with van der Waals surface area (Å²) >= 11 is 5.21. The lowest BCUT2D eigenvalue weighted by atomic mass is 10.5. The maximum atomic E-state index is 4.09. The van der Waals surface area contributed by atoms with Gasteiger partial charge in [0.05, 0.1) is 0 Å². The van der Waals surface area contributed by atoms with Crippen LogP contribution in [0.25, 0.3) is 0 Å². The number of hydrogen-bond acceptors (Lipinski definition) is 3. The number of pyridine rings is 1. The van der Waals surface area contributed by atoms with Crippen LogP contribution in [0.4, 0.5) is 0 Å². The molecule has 0 spiro atoms. The zero-order chi connectivity index (χ0) is 9.52. The zero-order valence-electron chi connectivity index (χ0n) is 7.59. The van der Waals surface area contributed by atoms with Crippen LogP contribution in [0.15, 0.2) is 27.8 Å². The molecule has 1 rings (SSSR count). The van der Waals surface area contributed by atoms with Gasteiger partial charge in [-0.15, -0.1) is 11.8 Å². The van der Waals surface area contributed by atoms with Crippen molar-refractivity contribution in [2.45, 2.75) is 11.8 Å². The lowest BCUT2D eigenvalue weighted by Gasteiger charge is -2.01. The molecule has 0 saturated heterocycles. The fourth-order valence-electron chi connectivity index (χ4n) is 0.889. The number of hydrogen-bond donors (Lipinski definition) is 1. The molecule has 13 heavy (non-hydrogen) atoms. The minimum Gasteiger partial charge on any atom is -0.316 e. The van der Waals surface area contributed by atoms with E-state index >= 15 is 0 Å². The van der Waals surface area contributed by atoms with Gasteiger partial charge in [-0.3, -0.25) is 4.98 Å². The monoisotopic (exact) mass is 260 g/mol. The molecule has 1 aromatic heterocycles. The molecule has 0 fully saturated rings. The third kappa shape index (κ3) is 4.64. The third-order valence-corrected chi connectivity index (χ3v) is 2.88. The first-order valence-corrected chi connectivity index (χ1v) is 6.05. The molecule has 0 aliphatic rings. The highest BCUT2D eigenvalue weighted by molar-refractivity contribution is 9.10. The number of thioether (sulfide) groups is 1. The maximum Gasteiger partial charge on any atom is 0.0411 e. The van der Waals surface area contributed by atoms with Gasteiger partial charge >= 0.3 is 0 Å². The van der Waals surface area contributed by atoms with Crippen LogP contribution in [-0.2, 0) is 0 Å². The fourth-order valence-corrected chi connectivity index (χ4v) is 2.23. The minimum absolute atomic E-state index is 1.04. The molecule has 0 saturated carbocycles. The summed E-state index contributed by atoms with van der Waals surface area (Å²) in [5, 5.41) is 3.28. The zero-order valence-corrected chi connectivity index (χ0v) is 9.99. The van der Waals surface area contributed by atoms with Crippen molar-refractivity contribution in [3.63, 3.8) is 0 Å². The van der Waals surface area contributed by atoms with Crippen molar-refractivity contribution in [2.24, 2.45) is 0 Å². The first kappa shape index (κ1) is 11.0. The van der Waals surface area contributed by atoms with Crippen LogP contribution in [0.5, 0.6) is 0 Å². The van der Waals surface area contributed by atoms with Crippen LogP contribution in [0, 0.1) is 0 Å². The summed E-state index contributed by atoms with van der Waals surface area (Å²) in [7, 11) is 0. The number of halogens is 1. The van der Waals surface area contributed by atoms with E-state index in [-0.39, 0.29) is 0 Å². The van der Waals surface area contributed by atoms with Gasteiger partial charge in [-0.25, -0.2) is 0 Å². The van der Waals surface area contributed by atoms with E-state index in [9.17, 15) is 0 Å². The van der Waals surface area contributed by atoms with Crippen molar-refractivity contribution in [1.82, 2.24) is 10.3 Å². The van der Waals surface area contributed by atoms with E-state index < -0.39 is 0 Å². The van der Waals surface area contributed by atoms with Crippen LogP contribution in [0.2, 0.25) is 0 Å². The molecule has 0 aliphatic carbocycles. The fraction of sp³-hybridized carbons (Fsp3) is 0.444. The van der Waals surface area contributed by atoms with Crippen molar-refractivity contribution >= 4 is 27.7 Å². The first-order chi connectivity index (χ1) is 6.33. The van der Waals surface area contributed by atoms with E-state index in [1.807, 2.05) is 18.0 Å². The molecular formula is C9H13BrN2S. The molecular weight excluding hydrogens is 248 g/mol. The summed E-state index contributed by atoms with van der Waals surface area (Å²) in [5.74, 6) is 1.09. The molecule has 1 aromatic rings. The SMILES string of the molecule is CCNCCSc1cncc(Br)c1. The Morgan fingerprint density at radius 2 is 2.38 bits per heavy atom. The average Bonchev–Trinajstić information content (AvgIpc) is 2.13. The second kappa shape index (κ2) is 6.40. The van der Waals surface area contributed by atoms with Gasteiger partial charge < -0.3 is 5.32 Å². The highest BCUT2D eigenvalue weighted by Crippen LogP contribution is 2.19. The van der Waals surface area contributed by atoms with Gasteiger partial charge in [0, 0.05) is 34.1 Å². The summed E-state index contributed by atoms with van der Waals surface area (Å²) in [5.41, 5.74) is 0. The molecule has 0 atom stereocenters. The van der Waals surface area contributed by atoms with Gasteiger partial charge in [0.1, 0.15) is 0 Å². The number of rotatable bonds is 5. The Bertz CT molecular complexity index is 255. The van der Waals surface area contributed by atoms with Gasteiger partial charge in [0.2, 0.25) is 0 Å². The van der Waals surface area contributed by atoms with Gasteiger partial charge in [-0.1, -0.05) is 6.92 Å². The molecule has 0 amide bonds. The van der Waals surface area contributed by atoms with E-state index in [2.05, 4.69) is 39.2 Å². The third-order valence-electron chi connectivity index (χ3n) is 1.48. The molecule has 2 nitrogen and oxygen atoms in total. The Morgan fingerprint density at radius 3 is 3.08 bits per heavy atom. The summed E-state index contributed by atoms with van der Waals surface area (Å²) in [6.45, 7) is 4.20. The van der Waals surface area contributed by atoms with Gasteiger partial charge in [0.25, 0.3) is 0 Å². The Kier molecular flexibility index (Phi) is 5.43. The smallest absolute Gasteiger partial charge is 0.0411 e. The summed E-state index contributed by atoms with van der Waals surface area (Å²) in [4.78, 5) is 5.31. The summed E-state index contributed by atoms with van der Waals surface area (Å²) < 4.78 is 1.04.